The van der Waals surface area contributed by atoms with Crippen molar-refractivity contribution in [2.45, 2.75) is 24.3 Å². The molecule has 8 nitrogen and oxygen atoms in total. The molecule has 0 bridgehead atoms. The van der Waals surface area contributed by atoms with Crippen LogP contribution in [0.1, 0.15) is 18.4 Å². The minimum atomic E-state index is -3.77. The molecule has 39 heavy (non-hydrogen) atoms. The Morgan fingerprint density at radius 1 is 1.03 bits per heavy atom. The van der Waals surface area contributed by atoms with E-state index in [1.807, 2.05) is 24.3 Å². The van der Waals surface area contributed by atoms with Crippen LogP contribution < -0.4 is 5.32 Å². The van der Waals surface area contributed by atoms with E-state index in [0.29, 0.717) is 30.8 Å². The van der Waals surface area contributed by atoms with E-state index in [-0.39, 0.29) is 29.5 Å². The quantitative estimate of drug-likeness (QED) is 0.313. The van der Waals surface area contributed by atoms with E-state index in [9.17, 15) is 22.0 Å². The van der Waals surface area contributed by atoms with Gasteiger partial charge in [-0.1, -0.05) is 39.3 Å². The highest BCUT2D eigenvalue weighted by molar-refractivity contribution is 9.10. The number of halogens is 3. The van der Waals surface area contributed by atoms with Gasteiger partial charge in [-0.25, -0.2) is 21.9 Å². The van der Waals surface area contributed by atoms with Gasteiger partial charge in [-0.2, -0.15) is 4.31 Å². The monoisotopic (exact) mass is 615 g/mol. The zero-order valence-corrected chi connectivity index (χ0v) is 23.0. The van der Waals surface area contributed by atoms with Crippen molar-refractivity contribution < 1.29 is 22.0 Å². The van der Waals surface area contributed by atoms with E-state index in [1.165, 1.54) is 34.6 Å². The van der Waals surface area contributed by atoms with Gasteiger partial charge in [0.2, 0.25) is 15.9 Å². The van der Waals surface area contributed by atoms with Crippen LogP contribution in [0.5, 0.6) is 0 Å². The molecule has 0 aliphatic carbocycles. The van der Waals surface area contributed by atoms with Gasteiger partial charge in [-0.05, 0) is 66.9 Å². The van der Waals surface area contributed by atoms with Crippen molar-refractivity contribution in [2.75, 3.05) is 18.4 Å². The molecule has 202 valence electrons. The molecule has 12 heteroatoms. The molecule has 3 aromatic carbocycles. The smallest absolute Gasteiger partial charge is 0.243 e. The molecular formula is C27H24BrF2N5O3S. The second-order valence-corrected chi connectivity index (χ2v) is 12.0. The summed E-state index contributed by atoms with van der Waals surface area (Å²) < 4.78 is 57.4. The van der Waals surface area contributed by atoms with Gasteiger partial charge >= 0.3 is 0 Å². The summed E-state index contributed by atoms with van der Waals surface area (Å²) in [4.78, 5) is 13.0. The first-order valence-electron chi connectivity index (χ1n) is 12.2. The predicted molar refractivity (Wildman–Crippen MR) is 145 cm³/mol. The molecule has 1 amide bonds. The van der Waals surface area contributed by atoms with Crippen molar-refractivity contribution in [1.29, 1.82) is 0 Å². The van der Waals surface area contributed by atoms with Crippen molar-refractivity contribution in [1.82, 2.24) is 19.3 Å². The summed E-state index contributed by atoms with van der Waals surface area (Å²) in [6.07, 6.45) is 2.29. The Morgan fingerprint density at radius 2 is 1.74 bits per heavy atom. The molecule has 0 unspecified atom stereocenters. The Balaban J connectivity index is 1.23. The standard InChI is InChI=1S/C27H24BrF2N5O3S/c28-24-4-2-1-3-19(24)16-34-17-26(32-33-34)23-15-21(7-10-25(23)30)31-27(36)18-11-13-35(14-12-18)39(37,38)22-8-5-20(29)6-9-22/h1-10,15,17-18H,11-14,16H2,(H,31,36). The van der Waals surface area contributed by atoms with Gasteiger partial charge in [0.05, 0.1) is 17.6 Å². The molecule has 1 fully saturated rings. The number of hydrogen-bond acceptors (Lipinski definition) is 5. The highest BCUT2D eigenvalue weighted by Gasteiger charge is 2.32. The van der Waals surface area contributed by atoms with Crippen molar-refractivity contribution in [3.8, 4) is 11.3 Å². The maximum atomic E-state index is 14.7. The molecule has 2 heterocycles. The van der Waals surface area contributed by atoms with Crippen LogP contribution in [-0.4, -0.2) is 46.7 Å². The second kappa shape index (κ2) is 11.3. The number of anilines is 1. The van der Waals surface area contributed by atoms with Gasteiger partial charge in [0.25, 0.3) is 0 Å². The first-order chi connectivity index (χ1) is 18.7. The highest BCUT2D eigenvalue weighted by atomic mass is 79.9. The van der Waals surface area contributed by atoms with Crippen LogP contribution in [0, 0.1) is 17.6 Å². The number of nitrogens with zero attached hydrogens (tertiary/aromatic N) is 4. The Bertz CT molecular complexity index is 1600. The van der Waals surface area contributed by atoms with Gasteiger partial charge in [0.15, 0.2) is 0 Å². The van der Waals surface area contributed by atoms with Crippen molar-refractivity contribution >= 4 is 37.5 Å². The molecule has 0 atom stereocenters. The maximum Gasteiger partial charge on any atom is 0.243 e. The fraction of sp³-hybridized carbons (Fsp3) is 0.222. The molecule has 1 saturated heterocycles. The summed E-state index contributed by atoms with van der Waals surface area (Å²) in [5.41, 5.74) is 1.92. The average molecular weight is 616 g/mol. The molecule has 4 aromatic rings. The third-order valence-corrected chi connectivity index (χ3v) is 9.30. The van der Waals surface area contributed by atoms with Crippen molar-refractivity contribution in [2.24, 2.45) is 5.92 Å². The zero-order chi connectivity index (χ0) is 27.6. The van der Waals surface area contributed by atoms with Crippen molar-refractivity contribution in [3.05, 3.63) is 94.6 Å². The number of benzene rings is 3. The van der Waals surface area contributed by atoms with Crippen LogP contribution in [0.3, 0.4) is 0 Å². The Morgan fingerprint density at radius 3 is 2.46 bits per heavy atom. The lowest BCUT2D eigenvalue weighted by molar-refractivity contribution is -0.120. The van der Waals surface area contributed by atoms with Crippen molar-refractivity contribution in [3.63, 3.8) is 0 Å². The SMILES string of the molecule is O=C(Nc1ccc(F)c(-c2cn(Cc3ccccc3Br)nn2)c1)C1CCN(S(=O)(=O)c2ccc(F)cc2)CC1. The minimum Gasteiger partial charge on any atom is -0.326 e. The van der Waals surface area contributed by atoms with E-state index in [4.69, 9.17) is 0 Å². The summed E-state index contributed by atoms with van der Waals surface area (Å²) in [6, 6.07) is 16.6. The van der Waals surface area contributed by atoms with Crippen LogP contribution in [-0.2, 0) is 21.4 Å². The molecule has 1 aliphatic heterocycles. The summed E-state index contributed by atoms with van der Waals surface area (Å²) in [5, 5.41) is 11.0. The molecular weight excluding hydrogens is 592 g/mol. The van der Waals surface area contributed by atoms with Crippen LogP contribution in [0.25, 0.3) is 11.3 Å². The van der Waals surface area contributed by atoms with E-state index < -0.39 is 27.6 Å². The Kier molecular flexibility index (Phi) is 7.87. The maximum absolute atomic E-state index is 14.7. The summed E-state index contributed by atoms with van der Waals surface area (Å²) in [5.74, 6) is -1.70. The summed E-state index contributed by atoms with van der Waals surface area (Å²) in [7, 11) is -3.77. The molecule has 0 saturated carbocycles. The van der Waals surface area contributed by atoms with Gasteiger partial charge in [0.1, 0.15) is 17.3 Å². The van der Waals surface area contributed by atoms with Gasteiger partial charge in [0, 0.05) is 34.7 Å². The first-order valence-corrected chi connectivity index (χ1v) is 14.4. The normalized spacial score (nSPS) is 14.8. The third kappa shape index (κ3) is 6.07. The van der Waals surface area contributed by atoms with Gasteiger partial charge in [-0.15, -0.1) is 5.10 Å². The van der Waals surface area contributed by atoms with Gasteiger partial charge in [-0.3, -0.25) is 4.79 Å². The number of sulfonamides is 1. The minimum absolute atomic E-state index is 0.0129. The van der Waals surface area contributed by atoms with Crippen LogP contribution in [0.15, 0.2) is 82.3 Å². The molecule has 1 aliphatic rings. The van der Waals surface area contributed by atoms with Crippen LogP contribution in [0.2, 0.25) is 0 Å². The lowest BCUT2D eigenvalue weighted by atomic mass is 9.97. The number of nitrogens with one attached hydrogen (secondary N) is 1. The average Bonchev–Trinajstić information content (AvgIpc) is 3.39. The fourth-order valence-corrected chi connectivity index (χ4v) is 6.34. The number of carbonyl (C=O) groups is 1. The number of amides is 1. The third-order valence-electron chi connectivity index (χ3n) is 6.61. The molecule has 1 aromatic heterocycles. The lowest BCUT2D eigenvalue weighted by Crippen LogP contribution is -2.41. The number of carbonyl (C=O) groups excluding carboxylic acids is 1. The molecule has 1 N–H and O–H groups in total. The van der Waals surface area contributed by atoms with Crippen LogP contribution >= 0.6 is 15.9 Å². The Labute approximate surface area is 232 Å². The molecule has 0 radical (unpaired) electrons. The highest BCUT2D eigenvalue weighted by Crippen LogP contribution is 2.28. The number of piperidine rings is 1. The second-order valence-electron chi connectivity index (χ2n) is 9.21. The topological polar surface area (TPSA) is 97.2 Å². The Hall–Kier alpha value is -3.48. The summed E-state index contributed by atoms with van der Waals surface area (Å²) >= 11 is 3.50. The van der Waals surface area contributed by atoms with E-state index in [0.717, 1.165) is 22.2 Å². The molecule has 5 rings (SSSR count). The zero-order valence-electron chi connectivity index (χ0n) is 20.6. The first kappa shape index (κ1) is 27.1. The number of rotatable bonds is 7. The largest absolute Gasteiger partial charge is 0.326 e. The molecule has 0 spiro atoms. The van der Waals surface area contributed by atoms with E-state index in [1.54, 1.807) is 10.9 Å². The van der Waals surface area contributed by atoms with E-state index in [2.05, 4.69) is 31.6 Å². The van der Waals surface area contributed by atoms with Crippen LogP contribution in [0.4, 0.5) is 14.5 Å². The number of hydrogen-bond donors (Lipinski definition) is 1. The number of aromatic nitrogens is 3. The van der Waals surface area contributed by atoms with E-state index >= 15 is 0 Å². The fourth-order valence-electron chi connectivity index (χ4n) is 4.46. The lowest BCUT2D eigenvalue weighted by Gasteiger charge is -2.30. The summed E-state index contributed by atoms with van der Waals surface area (Å²) in [6.45, 7) is 0.766. The van der Waals surface area contributed by atoms with Gasteiger partial charge < -0.3 is 5.32 Å². The predicted octanol–water partition coefficient (Wildman–Crippen LogP) is 5.07.